The van der Waals surface area contributed by atoms with Crippen molar-refractivity contribution in [1.29, 1.82) is 0 Å². The Kier molecular flexibility index (Phi) is 3.77. The number of esters is 1. The van der Waals surface area contributed by atoms with E-state index < -0.39 is 0 Å². The first kappa shape index (κ1) is 11.7. The van der Waals surface area contributed by atoms with Crippen molar-refractivity contribution in [3.63, 3.8) is 0 Å². The van der Waals surface area contributed by atoms with Gasteiger partial charge in [0.05, 0.1) is 13.2 Å². The Morgan fingerprint density at radius 2 is 2.18 bits per heavy atom. The summed E-state index contributed by atoms with van der Waals surface area (Å²) in [6, 6.07) is 7.27. The van der Waals surface area contributed by atoms with E-state index in [1.807, 2.05) is 12.1 Å². The van der Waals surface area contributed by atoms with E-state index in [1.54, 1.807) is 18.2 Å². The van der Waals surface area contributed by atoms with Crippen LogP contribution in [0, 0.1) is 0 Å². The summed E-state index contributed by atoms with van der Waals surface area (Å²) in [6.45, 7) is 1.17. The van der Waals surface area contributed by atoms with Gasteiger partial charge < -0.3 is 15.2 Å². The van der Waals surface area contributed by atoms with E-state index in [0.717, 1.165) is 12.0 Å². The molecule has 1 fully saturated rings. The van der Waals surface area contributed by atoms with Crippen molar-refractivity contribution in [2.24, 2.45) is 0 Å². The SMILES string of the molecule is Nc1ccc(/C=C/C(=O)OC2CCOC2)cc1. The second kappa shape index (κ2) is 5.50. The van der Waals surface area contributed by atoms with Gasteiger partial charge in [-0.1, -0.05) is 12.1 Å². The third-order valence-electron chi connectivity index (χ3n) is 2.52. The molecule has 1 aliphatic rings. The molecular formula is C13H15NO3. The largest absolute Gasteiger partial charge is 0.457 e. The molecule has 0 aliphatic carbocycles. The van der Waals surface area contributed by atoms with Gasteiger partial charge >= 0.3 is 5.97 Å². The molecule has 17 heavy (non-hydrogen) atoms. The first-order valence-corrected chi connectivity index (χ1v) is 5.56. The Labute approximate surface area is 100 Å². The van der Waals surface area contributed by atoms with E-state index in [-0.39, 0.29) is 12.1 Å². The molecule has 0 aromatic heterocycles. The van der Waals surface area contributed by atoms with Gasteiger partial charge in [0.2, 0.25) is 0 Å². The lowest BCUT2D eigenvalue weighted by atomic mass is 10.2. The van der Waals surface area contributed by atoms with Crippen LogP contribution in [0.4, 0.5) is 5.69 Å². The maximum absolute atomic E-state index is 11.5. The zero-order valence-corrected chi connectivity index (χ0v) is 9.46. The van der Waals surface area contributed by atoms with E-state index in [0.29, 0.717) is 18.9 Å². The fraction of sp³-hybridized carbons (Fsp3) is 0.308. The Balaban J connectivity index is 1.86. The van der Waals surface area contributed by atoms with Crippen LogP contribution in [0.5, 0.6) is 0 Å². The molecule has 4 heteroatoms. The summed E-state index contributed by atoms with van der Waals surface area (Å²) in [5.41, 5.74) is 7.18. The van der Waals surface area contributed by atoms with Crippen LogP contribution in [0.3, 0.4) is 0 Å². The number of rotatable bonds is 3. The lowest BCUT2D eigenvalue weighted by molar-refractivity contribution is -0.142. The van der Waals surface area contributed by atoms with Crippen molar-refractivity contribution in [3.8, 4) is 0 Å². The molecule has 2 rings (SSSR count). The monoisotopic (exact) mass is 233 g/mol. The highest BCUT2D eigenvalue weighted by molar-refractivity contribution is 5.87. The third-order valence-corrected chi connectivity index (χ3v) is 2.52. The second-order valence-corrected chi connectivity index (χ2v) is 3.92. The normalized spacial score (nSPS) is 19.6. The number of benzene rings is 1. The van der Waals surface area contributed by atoms with Gasteiger partial charge in [-0.15, -0.1) is 0 Å². The maximum Gasteiger partial charge on any atom is 0.331 e. The van der Waals surface area contributed by atoms with Gasteiger partial charge in [-0.25, -0.2) is 4.79 Å². The minimum absolute atomic E-state index is 0.0985. The number of hydrogen-bond donors (Lipinski definition) is 1. The highest BCUT2D eigenvalue weighted by Crippen LogP contribution is 2.10. The number of hydrogen-bond acceptors (Lipinski definition) is 4. The van der Waals surface area contributed by atoms with E-state index in [9.17, 15) is 4.79 Å². The van der Waals surface area contributed by atoms with Gasteiger partial charge in [0.25, 0.3) is 0 Å². The van der Waals surface area contributed by atoms with Crippen LogP contribution in [0.1, 0.15) is 12.0 Å². The van der Waals surface area contributed by atoms with E-state index >= 15 is 0 Å². The second-order valence-electron chi connectivity index (χ2n) is 3.92. The van der Waals surface area contributed by atoms with Gasteiger partial charge in [-0.2, -0.15) is 0 Å². The molecule has 1 saturated heterocycles. The molecule has 4 nitrogen and oxygen atoms in total. The summed E-state index contributed by atoms with van der Waals surface area (Å²) in [6.07, 6.45) is 3.81. The Morgan fingerprint density at radius 1 is 1.41 bits per heavy atom. The molecule has 1 atom stereocenters. The fourth-order valence-corrected chi connectivity index (χ4v) is 1.58. The number of nitrogens with two attached hydrogens (primary N) is 1. The van der Waals surface area contributed by atoms with Crippen molar-refractivity contribution in [1.82, 2.24) is 0 Å². The zero-order valence-electron chi connectivity index (χ0n) is 9.46. The highest BCUT2D eigenvalue weighted by atomic mass is 16.6. The average Bonchev–Trinajstić information content (AvgIpc) is 2.81. The molecule has 0 radical (unpaired) electrons. The predicted octanol–water partition coefficient (Wildman–Crippen LogP) is 1.61. The van der Waals surface area contributed by atoms with Crippen LogP contribution in [-0.4, -0.2) is 25.3 Å². The Morgan fingerprint density at radius 3 is 2.82 bits per heavy atom. The topological polar surface area (TPSA) is 61.6 Å². The minimum atomic E-state index is -0.336. The van der Waals surface area contributed by atoms with Crippen molar-refractivity contribution in [2.45, 2.75) is 12.5 Å². The molecule has 0 amide bonds. The lowest BCUT2D eigenvalue weighted by Gasteiger charge is -2.06. The third kappa shape index (κ3) is 3.60. The van der Waals surface area contributed by atoms with E-state index in [4.69, 9.17) is 15.2 Å². The standard InChI is InChI=1S/C13H15NO3/c14-11-4-1-10(2-5-11)3-6-13(15)17-12-7-8-16-9-12/h1-6,12H,7-9,14H2/b6-3+. The Bertz CT molecular complexity index is 405. The number of nitrogen functional groups attached to an aromatic ring is 1. The van der Waals surface area contributed by atoms with Crippen molar-refractivity contribution < 1.29 is 14.3 Å². The molecule has 0 spiro atoms. The lowest BCUT2D eigenvalue weighted by Crippen LogP contribution is -2.16. The molecule has 0 bridgehead atoms. The van der Waals surface area contributed by atoms with Crippen LogP contribution < -0.4 is 5.73 Å². The predicted molar refractivity (Wildman–Crippen MR) is 65.2 cm³/mol. The number of carbonyl (C=O) groups excluding carboxylic acids is 1. The maximum atomic E-state index is 11.5. The summed E-state index contributed by atoms with van der Waals surface area (Å²) >= 11 is 0. The number of anilines is 1. The van der Waals surface area contributed by atoms with Crippen LogP contribution >= 0.6 is 0 Å². The van der Waals surface area contributed by atoms with Gasteiger partial charge in [-0.05, 0) is 23.8 Å². The van der Waals surface area contributed by atoms with Crippen molar-refractivity contribution >= 4 is 17.7 Å². The summed E-state index contributed by atoms with van der Waals surface area (Å²) in [5.74, 6) is -0.336. The Hall–Kier alpha value is -1.81. The van der Waals surface area contributed by atoms with Crippen molar-refractivity contribution in [3.05, 3.63) is 35.9 Å². The average molecular weight is 233 g/mol. The van der Waals surface area contributed by atoms with Crippen LogP contribution in [0.15, 0.2) is 30.3 Å². The van der Waals surface area contributed by atoms with Crippen LogP contribution in [0.25, 0.3) is 6.08 Å². The van der Waals surface area contributed by atoms with E-state index in [1.165, 1.54) is 6.08 Å². The highest BCUT2D eigenvalue weighted by Gasteiger charge is 2.18. The van der Waals surface area contributed by atoms with Gasteiger partial charge in [0, 0.05) is 18.2 Å². The quantitative estimate of drug-likeness (QED) is 0.489. The summed E-state index contributed by atoms with van der Waals surface area (Å²) < 4.78 is 10.3. The molecule has 2 N–H and O–H groups in total. The molecule has 1 aromatic rings. The van der Waals surface area contributed by atoms with Gasteiger partial charge in [0.1, 0.15) is 6.10 Å². The number of carbonyl (C=O) groups is 1. The number of ether oxygens (including phenoxy) is 2. The van der Waals surface area contributed by atoms with Crippen LogP contribution in [-0.2, 0) is 14.3 Å². The molecule has 1 aliphatic heterocycles. The minimum Gasteiger partial charge on any atom is -0.457 e. The molecule has 90 valence electrons. The molecule has 1 aromatic carbocycles. The molecule has 0 saturated carbocycles. The summed E-state index contributed by atoms with van der Waals surface area (Å²) in [5, 5.41) is 0. The summed E-state index contributed by atoms with van der Waals surface area (Å²) in [4.78, 5) is 11.5. The first-order valence-electron chi connectivity index (χ1n) is 5.56. The van der Waals surface area contributed by atoms with Gasteiger partial charge in [-0.3, -0.25) is 0 Å². The smallest absolute Gasteiger partial charge is 0.331 e. The molecule has 1 heterocycles. The molecule has 1 unspecified atom stereocenters. The van der Waals surface area contributed by atoms with E-state index in [2.05, 4.69) is 0 Å². The van der Waals surface area contributed by atoms with Crippen molar-refractivity contribution in [2.75, 3.05) is 18.9 Å². The van der Waals surface area contributed by atoms with Crippen LogP contribution in [0.2, 0.25) is 0 Å². The zero-order chi connectivity index (χ0) is 12.1. The van der Waals surface area contributed by atoms with Gasteiger partial charge in [0.15, 0.2) is 0 Å². The fourth-order valence-electron chi connectivity index (χ4n) is 1.58. The first-order chi connectivity index (χ1) is 8.24. The summed E-state index contributed by atoms with van der Waals surface area (Å²) in [7, 11) is 0. The molecular weight excluding hydrogens is 218 g/mol.